The number of fused-ring (bicyclic) bond motifs is 1. The Kier molecular flexibility index (Phi) is 7.97. The van der Waals surface area contributed by atoms with Crippen LogP contribution in [0.25, 0.3) is 11.2 Å². The molecule has 38 heavy (non-hydrogen) atoms. The third-order valence-electron chi connectivity index (χ3n) is 6.41. The molecule has 0 aliphatic rings. The average molecular weight is 514 g/mol. The molecule has 0 spiro atoms. The zero-order valence-corrected chi connectivity index (χ0v) is 22.6. The first-order chi connectivity index (χ1) is 18.2. The number of aromatic nitrogens is 3. The van der Waals surface area contributed by atoms with Gasteiger partial charge in [0, 0.05) is 31.2 Å². The molecular weight excluding hydrogens is 478 g/mol. The summed E-state index contributed by atoms with van der Waals surface area (Å²) in [5.74, 6) is 1.36. The lowest BCUT2D eigenvalue weighted by Crippen LogP contribution is -2.34. The maximum absolute atomic E-state index is 6.20. The molecule has 0 saturated heterocycles. The Morgan fingerprint density at radius 3 is 2.53 bits per heavy atom. The maximum Gasteiger partial charge on any atom is 0.161 e. The number of nitrogens with zero attached hydrogens (tertiary/aromatic N) is 5. The topological polar surface area (TPSA) is 103 Å². The summed E-state index contributed by atoms with van der Waals surface area (Å²) in [5, 5.41) is 8.89. The first-order valence-electron chi connectivity index (χ1n) is 12.3. The molecular formula is C29H35N7O2. The number of hydrazone groups is 1. The molecule has 0 amide bonds. The Morgan fingerprint density at radius 1 is 1.13 bits per heavy atom. The highest BCUT2D eigenvalue weighted by molar-refractivity contribution is 5.75. The second-order valence-electron chi connectivity index (χ2n) is 9.65. The zero-order chi connectivity index (χ0) is 27.3. The number of hydrogen-bond donors (Lipinski definition) is 2. The average Bonchev–Trinajstić information content (AvgIpc) is 3.32. The lowest BCUT2D eigenvalue weighted by atomic mass is 9.98. The van der Waals surface area contributed by atoms with Gasteiger partial charge in [-0.15, -0.1) is 0 Å². The molecule has 3 N–H and O–H groups in total. The normalized spacial score (nSPS) is 11.9. The number of methoxy groups -OCH3 is 1. The van der Waals surface area contributed by atoms with Crippen molar-refractivity contribution in [1.29, 1.82) is 0 Å². The molecule has 2 aromatic carbocycles. The van der Waals surface area contributed by atoms with Crippen LogP contribution in [0.15, 0.2) is 77.9 Å². The largest absolute Gasteiger partial charge is 0.493 e. The Morgan fingerprint density at radius 2 is 1.87 bits per heavy atom. The zero-order valence-electron chi connectivity index (χ0n) is 22.6. The highest BCUT2D eigenvalue weighted by atomic mass is 16.5. The third-order valence-corrected chi connectivity index (χ3v) is 6.41. The van der Waals surface area contributed by atoms with E-state index in [4.69, 9.17) is 15.2 Å². The summed E-state index contributed by atoms with van der Waals surface area (Å²) in [6.45, 7) is 10.6. The molecule has 4 aromatic rings. The van der Waals surface area contributed by atoms with Crippen LogP contribution >= 0.6 is 0 Å². The van der Waals surface area contributed by atoms with Gasteiger partial charge in [-0.3, -0.25) is 0 Å². The van der Waals surface area contributed by atoms with Crippen LogP contribution in [0, 0.1) is 0 Å². The summed E-state index contributed by atoms with van der Waals surface area (Å²) in [6, 6.07) is 16.0. The lowest BCUT2D eigenvalue weighted by molar-refractivity contribution is 0.284. The van der Waals surface area contributed by atoms with Crippen LogP contribution in [0.1, 0.15) is 31.9 Å². The van der Waals surface area contributed by atoms with Crippen molar-refractivity contribution >= 4 is 29.3 Å². The van der Waals surface area contributed by atoms with E-state index in [9.17, 15) is 0 Å². The van der Waals surface area contributed by atoms with Gasteiger partial charge in [-0.05, 0) is 67.8 Å². The van der Waals surface area contributed by atoms with Crippen molar-refractivity contribution < 1.29 is 9.47 Å². The summed E-state index contributed by atoms with van der Waals surface area (Å²) in [5.41, 5.74) is 12.1. The molecule has 0 fully saturated rings. The Labute approximate surface area is 223 Å². The van der Waals surface area contributed by atoms with Crippen LogP contribution in [0.5, 0.6) is 11.5 Å². The van der Waals surface area contributed by atoms with Crippen LogP contribution in [-0.4, -0.2) is 40.9 Å². The minimum atomic E-state index is -0.471. The fourth-order valence-corrected chi connectivity index (χ4v) is 3.78. The Balaban J connectivity index is 1.50. The van der Waals surface area contributed by atoms with E-state index in [2.05, 4.69) is 27.1 Å². The molecule has 0 aliphatic heterocycles. The molecule has 2 heterocycles. The van der Waals surface area contributed by atoms with Gasteiger partial charge in [0.2, 0.25) is 0 Å². The van der Waals surface area contributed by atoms with Gasteiger partial charge < -0.3 is 25.1 Å². The van der Waals surface area contributed by atoms with Gasteiger partial charge in [0.05, 0.1) is 31.9 Å². The van der Waals surface area contributed by atoms with Crippen LogP contribution < -0.4 is 25.5 Å². The molecule has 0 unspecified atom stereocenters. The lowest BCUT2D eigenvalue weighted by Gasteiger charge is -2.22. The molecule has 0 radical (unpaired) electrons. The van der Waals surface area contributed by atoms with E-state index in [0.717, 1.165) is 39.2 Å². The molecule has 4 rings (SSSR count). The van der Waals surface area contributed by atoms with Crippen molar-refractivity contribution in [3.05, 3.63) is 84.0 Å². The summed E-state index contributed by atoms with van der Waals surface area (Å²) >= 11 is 0. The number of hydrogen-bond acceptors (Lipinski definition) is 8. The Bertz CT molecular complexity index is 1440. The van der Waals surface area contributed by atoms with Gasteiger partial charge in [-0.1, -0.05) is 18.2 Å². The second-order valence-corrected chi connectivity index (χ2v) is 9.65. The minimum Gasteiger partial charge on any atom is -0.493 e. The summed E-state index contributed by atoms with van der Waals surface area (Å²) < 4.78 is 13.6. The van der Waals surface area contributed by atoms with Crippen molar-refractivity contribution in [2.45, 2.75) is 39.5 Å². The molecule has 0 saturated carbocycles. The van der Waals surface area contributed by atoms with E-state index in [1.54, 1.807) is 24.6 Å². The standard InChI is InChI=1S/C29H35N7O2/c1-20(29(2,3)30)16-36(32-5)24-14-25-28(33-15-24)35(19-34-25)17-22-9-12-26(27(13-22)37-6)38-18-21-7-10-23(31-4)11-8-21/h7-16,19,31H,5,17-18,30H2,1-4,6H3/b20-16+. The quantitative estimate of drug-likeness (QED) is 0.211. The van der Waals surface area contributed by atoms with Gasteiger partial charge in [-0.25, -0.2) is 15.0 Å². The van der Waals surface area contributed by atoms with Crippen molar-refractivity contribution in [1.82, 2.24) is 14.5 Å². The number of pyridine rings is 1. The SMILES string of the molecule is C=NN(/C=C(\C)C(C)(C)N)c1cnc2c(c1)ncn2Cc1ccc(OCc2ccc(NC)cc2)c(OC)c1. The van der Waals surface area contributed by atoms with E-state index in [1.165, 1.54) is 0 Å². The number of nitrogens with two attached hydrogens (primary N) is 1. The molecule has 0 atom stereocenters. The molecule has 9 nitrogen and oxygen atoms in total. The van der Waals surface area contributed by atoms with Gasteiger partial charge >= 0.3 is 0 Å². The maximum atomic E-state index is 6.20. The van der Waals surface area contributed by atoms with Crippen molar-refractivity contribution in [3.8, 4) is 11.5 Å². The third kappa shape index (κ3) is 6.12. The fourth-order valence-electron chi connectivity index (χ4n) is 3.78. The summed E-state index contributed by atoms with van der Waals surface area (Å²) in [7, 11) is 3.54. The first-order valence-corrected chi connectivity index (χ1v) is 12.3. The molecule has 0 bridgehead atoms. The fraction of sp³-hybridized carbons (Fsp3) is 0.276. The van der Waals surface area contributed by atoms with Gasteiger partial charge in [0.25, 0.3) is 0 Å². The predicted molar refractivity (Wildman–Crippen MR) is 154 cm³/mol. The van der Waals surface area contributed by atoms with Gasteiger partial charge in [-0.2, -0.15) is 5.10 Å². The van der Waals surface area contributed by atoms with Crippen molar-refractivity contribution in [3.63, 3.8) is 0 Å². The molecule has 198 valence electrons. The number of imidazole rings is 1. The molecule has 0 aliphatic carbocycles. The van der Waals surface area contributed by atoms with Crippen LogP contribution in [0.2, 0.25) is 0 Å². The Hall–Kier alpha value is -4.37. The van der Waals surface area contributed by atoms with Crippen LogP contribution in [0.3, 0.4) is 0 Å². The van der Waals surface area contributed by atoms with Crippen molar-refractivity contribution in [2.75, 3.05) is 24.5 Å². The van der Waals surface area contributed by atoms with E-state index in [1.807, 2.05) is 87.1 Å². The number of rotatable bonds is 11. The molecule has 9 heteroatoms. The highest BCUT2D eigenvalue weighted by Gasteiger charge is 2.16. The number of nitrogens with one attached hydrogen (secondary N) is 1. The first kappa shape index (κ1) is 26.7. The summed E-state index contributed by atoms with van der Waals surface area (Å²) in [4.78, 5) is 9.22. The smallest absolute Gasteiger partial charge is 0.161 e. The van der Waals surface area contributed by atoms with Crippen LogP contribution in [0.4, 0.5) is 11.4 Å². The van der Waals surface area contributed by atoms with Crippen molar-refractivity contribution in [2.24, 2.45) is 10.8 Å². The predicted octanol–water partition coefficient (Wildman–Crippen LogP) is 5.17. The van der Waals surface area contributed by atoms with Gasteiger partial charge in [0.1, 0.15) is 12.1 Å². The monoisotopic (exact) mass is 513 g/mol. The summed E-state index contributed by atoms with van der Waals surface area (Å²) in [6.07, 6.45) is 5.40. The second kappa shape index (κ2) is 11.4. The highest BCUT2D eigenvalue weighted by Crippen LogP contribution is 2.30. The van der Waals surface area contributed by atoms with E-state index in [-0.39, 0.29) is 0 Å². The van der Waals surface area contributed by atoms with E-state index in [0.29, 0.717) is 24.7 Å². The number of benzene rings is 2. The number of ether oxygens (including phenoxy) is 2. The van der Waals surface area contributed by atoms with Gasteiger partial charge in [0.15, 0.2) is 17.1 Å². The van der Waals surface area contributed by atoms with E-state index < -0.39 is 5.54 Å². The number of anilines is 2. The van der Waals surface area contributed by atoms with E-state index >= 15 is 0 Å². The van der Waals surface area contributed by atoms with Crippen LogP contribution in [-0.2, 0) is 13.2 Å². The molecule has 2 aromatic heterocycles. The minimum absolute atomic E-state index is 0.451.